The van der Waals surface area contributed by atoms with E-state index in [9.17, 15) is 13.2 Å². The smallest absolute Gasteiger partial charge is 0.243 e. The van der Waals surface area contributed by atoms with E-state index in [1.54, 1.807) is 26.1 Å². The molecule has 0 saturated carbocycles. The quantitative estimate of drug-likeness (QED) is 0.937. The Bertz CT molecular complexity index is 847. The maximum atomic E-state index is 12.7. The minimum atomic E-state index is -3.61. The van der Waals surface area contributed by atoms with Gasteiger partial charge < -0.3 is 5.32 Å². The highest BCUT2D eigenvalue weighted by Gasteiger charge is 2.29. The first kappa shape index (κ1) is 15.7. The Labute approximate surface area is 136 Å². The lowest BCUT2D eigenvalue weighted by Crippen LogP contribution is -2.26. The van der Waals surface area contributed by atoms with Crippen molar-refractivity contribution in [3.8, 4) is 0 Å². The van der Waals surface area contributed by atoms with Gasteiger partial charge in [0.15, 0.2) is 0 Å². The zero-order valence-electron chi connectivity index (χ0n) is 13.0. The van der Waals surface area contributed by atoms with Crippen molar-refractivity contribution < 1.29 is 13.2 Å². The van der Waals surface area contributed by atoms with Crippen molar-refractivity contribution >= 4 is 21.6 Å². The number of sulfonamides is 1. The van der Waals surface area contributed by atoms with Crippen LogP contribution in [0.2, 0.25) is 0 Å². The fourth-order valence-electron chi connectivity index (χ4n) is 2.66. The Morgan fingerprint density at radius 3 is 2.52 bits per heavy atom. The highest BCUT2D eigenvalue weighted by atomic mass is 32.2. The second-order valence-corrected chi connectivity index (χ2v) is 7.75. The third kappa shape index (κ3) is 2.87. The summed E-state index contributed by atoms with van der Waals surface area (Å²) in [6.45, 7) is 2.07. The monoisotopic (exact) mass is 330 g/mol. The van der Waals surface area contributed by atoms with Crippen LogP contribution in [0, 0.1) is 0 Å². The molecule has 2 aromatic rings. The molecule has 0 spiro atoms. The van der Waals surface area contributed by atoms with Crippen molar-refractivity contribution in [2.24, 2.45) is 0 Å². The van der Waals surface area contributed by atoms with Crippen LogP contribution in [-0.4, -0.2) is 25.7 Å². The Kier molecular flexibility index (Phi) is 3.95. The maximum absolute atomic E-state index is 12.7. The number of hydrogen-bond donors (Lipinski definition) is 1. The Hall–Kier alpha value is -2.18. The fourth-order valence-corrected chi connectivity index (χ4v) is 3.86. The van der Waals surface area contributed by atoms with Crippen molar-refractivity contribution in [1.29, 1.82) is 0 Å². The number of fused-ring (bicyclic) bond motifs is 1. The highest BCUT2D eigenvalue weighted by molar-refractivity contribution is 7.89. The molecule has 6 heteroatoms. The van der Waals surface area contributed by atoms with Crippen LogP contribution >= 0.6 is 0 Å². The molecule has 1 aliphatic heterocycles. The molecule has 0 saturated heterocycles. The molecule has 1 amide bonds. The van der Waals surface area contributed by atoms with Crippen molar-refractivity contribution in [3.05, 3.63) is 59.7 Å². The summed E-state index contributed by atoms with van der Waals surface area (Å²) in [7, 11) is -2.05. The Balaban J connectivity index is 1.90. The summed E-state index contributed by atoms with van der Waals surface area (Å²) in [6.07, 6.45) is 0. The van der Waals surface area contributed by atoms with E-state index in [0.29, 0.717) is 12.2 Å². The van der Waals surface area contributed by atoms with Crippen molar-refractivity contribution in [2.45, 2.75) is 24.3 Å². The summed E-state index contributed by atoms with van der Waals surface area (Å²) in [6, 6.07) is 14.2. The summed E-state index contributed by atoms with van der Waals surface area (Å²) in [5, 5.41) is 2.75. The third-order valence-electron chi connectivity index (χ3n) is 4.10. The number of carbonyl (C=O) groups excluding carboxylic acids is 1. The van der Waals surface area contributed by atoms with Crippen LogP contribution in [0.1, 0.15) is 24.0 Å². The average Bonchev–Trinajstić information content (AvgIpc) is 2.82. The maximum Gasteiger partial charge on any atom is 0.243 e. The van der Waals surface area contributed by atoms with Crippen LogP contribution in [0.3, 0.4) is 0 Å². The molecule has 2 aromatic carbocycles. The number of hydrogen-bond acceptors (Lipinski definition) is 3. The van der Waals surface area contributed by atoms with Crippen LogP contribution < -0.4 is 5.32 Å². The van der Waals surface area contributed by atoms with Crippen LogP contribution in [0.15, 0.2) is 53.4 Å². The van der Waals surface area contributed by atoms with Gasteiger partial charge in [0.05, 0.1) is 10.8 Å². The van der Waals surface area contributed by atoms with E-state index < -0.39 is 10.0 Å². The third-order valence-corrected chi connectivity index (χ3v) is 5.90. The van der Waals surface area contributed by atoms with Gasteiger partial charge in [-0.25, -0.2) is 8.42 Å². The standard InChI is InChI=1S/C17H18N2O3S/c1-12-15-10-14(8-9-16(15)18-17(12)20)23(21,22)19(2)11-13-6-4-3-5-7-13/h3-10,12H,11H2,1-2H3,(H,18,20)/t12-/m1/s1. The van der Waals surface area contributed by atoms with E-state index in [4.69, 9.17) is 0 Å². The van der Waals surface area contributed by atoms with Crippen LogP contribution in [-0.2, 0) is 21.4 Å². The second-order valence-electron chi connectivity index (χ2n) is 5.71. The number of anilines is 1. The van der Waals surface area contributed by atoms with Gasteiger partial charge >= 0.3 is 0 Å². The van der Waals surface area contributed by atoms with Crippen molar-refractivity contribution in [2.75, 3.05) is 12.4 Å². The molecule has 120 valence electrons. The molecule has 3 rings (SSSR count). The van der Waals surface area contributed by atoms with Gasteiger partial charge in [-0.15, -0.1) is 0 Å². The molecular formula is C17H18N2O3S. The lowest BCUT2D eigenvalue weighted by molar-refractivity contribution is -0.116. The van der Waals surface area contributed by atoms with E-state index >= 15 is 0 Å². The fraction of sp³-hybridized carbons (Fsp3) is 0.235. The van der Waals surface area contributed by atoms with Gasteiger partial charge in [-0.2, -0.15) is 4.31 Å². The van der Waals surface area contributed by atoms with E-state index in [1.807, 2.05) is 30.3 Å². The zero-order valence-corrected chi connectivity index (χ0v) is 13.8. The lowest BCUT2D eigenvalue weighted by Gasteiger charge is -2.18. The van der Waals surface area contributed by atoms with Gasteiger partial charge in [0.25, 0.3) is 0 Å². The number of benzene rings is 2. The molecule has 5 nitrogen and oxygen atoms in total. The minimum absolute atomic E-state index is 0.104. The van der Waals surface area contributed by atoms with Crippen LogP contribution in [0.5, 0.6) is 0 Å². The normalized spacial score (nSPS) is 17.2. The molecule has 1 heterocycles. The number of nitrogens with zero attached hydrogens (tertiary/aromatic N) is 1. The highest BCUT2D eigenvalue weighted by Crippen LogP contribution is 2.34. The molecule has 1 N–H and O–H groups in total. The van der Waals surface area contributed by atoms with Gasteiger partial charge in [-0.3, -0.25) is 4.79 Å². The molecule has 0 unspecified atom stereocenters. The van der Waals surface area contributed by atoms with Gasteiger partial charge in [0, 0.05) is 19.3 Å². The summed E-state index contributed by atoms with van der Waals surface area (Å²) in [5.41, 5.74) is 2.33. The summed E-state index contributed by atoms with van der Waals surface area (Å²) in [4.78, 5) is 11.9. The van der Waals surface area contributed by atoms with E-state index in [-0.39, 0.29) is 16.7 Å². The molecule has 0 aromatic heterocycles. The van der Waals surface area contributed by atoms with Crippen LogP contribution in [0.4, 0.5) is 5.69 Å². The SMILES string of the molecule is C[C@H]1C(=O)Nc2ccc(S(=O)(=O)N(C)Cc3ccccc3)cc21. The average molecular weight is 330 g/mol. The van der Waals surface area contributed by atoms with Crippen molar-refractivity contribution in [1.82, 2.24) is 4.31 Å². The molecule has 23 heavy (non-hydrogen) atoms. The molecular weight excluding hydrogens is 312 g/mol. The van der Waals surface area contributed by atoms with E-state index in [0.717, 1.165) is 11.1 Å². The predicted octanol–water partition coefficient (Wildman–Crippen LogP) is 2.56. The van der Waals surface area contributed by atoms with E-state index in [2.05, 4.69) is 5.32 Å². The summed E-state index contributed by atoms with van der Waals surface area (Å²) < 4.78 is 26.8. The largest absolute Gasteiger partial charge is 0.325 e. The first-order chi connectivity index (χ1) is 10.9. The topological polar surface area (TPSA) is 66.5 Å². The molecule has 0 fully saturated rings. The Morgan fingerprint density at radius 2 is 1.83 bits per heavy atom. The number of amides is 1. The molecule has 1 aliphatic rings. The van der Waals surface area contributed by atoms with Gasteiger partial charge in [-0.1, -0.05) is 30.3 Å². The van der Waals surface area contributed by atoms with Crippen molar-refractivity contribution in [3.63, 3.8) is 0 Å². The van der Waals surface area contributed by atoms with E-state index in [1.165, 1.54) is 10.4 Å². The lowest BCUT2D eigenvalue weighted by atomic mass is 10.0. The zero-order chi connectivity index (χ0) is 16.6. The van der Waals surface area contributed by atoms with Gasteiger partial charge in [0.1, 0.15) is 0 Å². The van der Waals surface area contributed by atoms with Gasteiger partial charge in [0.2, 0.25) is 15.9 Å². The molecule has 0 radical (unpaired) electrons. The molecule has 0 aliphatic carbocycles. The number of nitrogens with one attached hydrogen (secondary N) is 1. The number of rotatable bonds is 4. The minimum Gasteiger partial charge on any atom is -0.325 e. The summed E-state index contributed by atoms with van der Waals surface area (Å²) in [5.74, 6) is -0.438. The predicted molar refractivity (Wildman–Crippen MR) is 88.6 cm³/mol. The second kappa shape index (κ2) is 5.79. The first-order valence-corrected chi connectivity index (χ1v) is 8.78. The van der Waals surface area contributed by atoms with Gasteiger partial charge in [-0.05, 0) is 36.2 Å². The first-order valence-electron chi connectivity index (χ1n) is 7.34. The molecule has 0 bridgehead atoms. The Morgan fingerprint density at radius 1 is 1.13 bits per heavy atom. The summed E-state index contributed by atoms with van der Waals surface area (Å²) >= 11 is 0. The number of carbonyl (C=O) groups is 1. The van der Waals surface area contributed by atoms with Crippen LogP contribution in [0.25, 0.3) is 0 Å². The molecule has 1 atom stereocenters.